The molecule has 0 aromatic carbocycles. The van der Waals surface area contributed by atoms with Gasteiger partial charge in [-0.25, -0.2) is 4.79 Å². The van der Waals surface area contributed by atoms with Crippen LogP contribution in [0.4, 0.5) is 4.79 Å². The fourth-order valence-electron chi connectivity index (χ4n) is 2.33. The van der Waals surface area contributed by atoms with Gasteiger partial charge in [-0.15, -0.1) is 0 Å². The lowest BCUT2D eigenvalue weighted by Crippen LogP contribution is -2.43. The van der Waals surface area contributed by atoms with Crippen LogP contribution in [0.3, 0.4) is 0 Å². The number of nitrogens with one attached hydrogen (secondary N) is 2. The Kier molecular flexibility index (Phi) is 4.39. The number of carbonyl (C=O) groups is 1. The van der Waals surface area contributed by atoms with Crippen LogP contribution in [0.25, 0.3) is 0 Å². The van der Waals surface area contributed by atoms with Crippen LogP contribution in [0.15, 0.2) is 12.3 Å². The Morgan fingerprint density at radius 1 is 1.18 bits per heavy atom. The van der Waals surface area contributed by atoms with E-state index < -0.39 is 0 Å². The molecular weight excluding hydrogens is 216 g/mol. The fraction of sp³-hybridized carbons (Fsp3) is 0.750. The second kappa shape index (κ2) is 6.02. The molecule has 96 valence electrons. The maximum Gasteiger partial charge on any atom is 0.321 e. The van der Waals surface area contributed by atoms with Crippen LogP contribution in [-0.4, -0.2) is 61.6 Å². The van der Waals surface area contributed by atoms with E-state index in [4.69, 9.17) is 0 Å². The third-order valence-electron chi connectivity index (χ3n) is 3.31. The van der Waals surface area contributed by atoms with Crippen LogP contribution in [0.1, 0.15) is 12.8 Å². The second-order valence-electron chi connectivity index (χ2n) is 4.75. The highest BCUT2D eigenvalue weighted by molar-refractivity contribution is 5.79. The van der Waals surface area contributed by atoms with Crippen molar-refractivity contribution in [2.45, 2.75) is 12.8 Å². The summed E-state index contributed by atoms with van der Waals surface area (Å²) in [6.07, 6.45) is 2.24. The van der Waals surface area contributed by atoms with Crippen LogP contribution in [-0.2, 0) is 0 Å². The molecule has 2 rings (SSSR count). The first kappa shape index (κ1) is 12.4. The van der Waals surface area contributed by atoms with Crippen LogP contribution in [0.2, 0.25) is 0 Å². The summed E-state index contributed by atoms with van der Waals surface area (Å²) >= 11 is 0. The second-order valence-corrected chi connectivity index (χ2v) is 4.75. The maximum atomic E-state index is 11.4. The average Bonchev–Trinajstić information content (AvgIpc) is 2.65. The van der Waals surface area contributed by atoms with E-state index >= 15 is 0 Å². The van der Waals surface area contributed by atoms with Crippen LogP contribution in [0.5, 0.6) is 0 Å². The van der Waals surface area contributed by atoms with Gasteiger partial charge in [0.2, 0.25) is 0 Å². The van der Waals surface area contributed by atoms with Crippen molar-refractivity contribution < 1.29 is 4.79 Å². The molecule has 0 aromatic heterocycles. The molecule has 0 atom stereocenters. The van der Waals surface area contributed by atoms with Gasteiger partial charge in [0, 0.05) is 38.4 Å². The van der Waals surface area contributed by atoms with Gasteiger partial charge >= 0.3 is 6.03 Å². The summed E-state index contributed by atoms with van der Waals surface area (Å²) < 4.78 is 0. The van der Waals surface area contributed by atoms with E-state index in [0.717, 1.165) is 57.8 Å². The van der Waals surface area contributed by atoms with E-state index in [9.17, 15) is 4.79 Å². The minimum absolute atomic E-state index is 0.0113. The summed E-state index contributed by atoms with van der Waals surface area (Å²) in [5.74, 6) is 0. The largest absolute Gasteiger partial charge is 0.321 e. The highest BCUT2D eigenvalue weighted by Gasteiger charge is 2.21. The van der Waals surface area contributed by atoms with Crippen molar-refractivity contribution in [3.05, 3.63) is 12.3 Å². The van der Waals surface area contributed by atoms with Crippen LogP contribution >= 0.6 is 0 Å². The Morgan fingerprint density at radius 2 is 1.88 bits per heavy atom. The van der Waals surface area contributed by atoms with Gasteiger partial charge in [0.25, 0.3) is 0 Å². The number of urea groups is 1. The number of hydrogen-bond donors (Lipinski definition) is 2. The molecule has 0 unspecified atom stereocenters. The van der Waals surface area contributed by atoms with E-state index in [2.05, 4.69) is 22.1 Å². The molecule has 0 aliphatic carbocycles. The fourth-order valence-corrected chi connectivity index (χ4v) is 2.33. The number of nitrogens with zero attached hydrogens (tertiary/aromatic N) is 2. The van der Waals surface area contributed by atoms with Gasteiger partial charge in [-0.1, -0.05) is 6.58 Å². The molecule has 0 saturated carbocycles. The van der Waals surface area contributed by atoms with Gasteiger partial charge in [-0.2, -0.15) is 0 Å². The normalized spacial score (nSPS) is 22.0. The lowest BCUT2D eigenvalue weighted by molar-refractivity contribution is 0.211. The summed E-state index contributed by atoms with van der Waals surface area (Å²) in [5.41, 5.74) is 0.817. The van der Waals surface area contributed by atoms with E-state index in [0.29, 0.717) is 6.54 Å². The van der Waals surface area contributed by atoms with Gasteiger partial charge in [-0.3, -0.25) is 0 Å². The van der Waals surface area contributed by atoms with Gasteiger partial charge in [0.15, 0.2) is 0 Å². The number of carbonyl (C=O) groups excluding carboxylic acids is 1. The maximum absolute atomic E-state index is 11.4. The predicted octanol–water partition coefficient (Wildman–Crippen LogP) is 0.211. The highest BCUT2D eigenvalue weighted by atomic mass is 16.2. The third kappa shape index (κ3) is 3.71. The van der Waals surface area contributed by atoms with Crippen molar-refractivity contribution in [3.8, 4) is 0 Å². The minimum atomic E-state index is 0.0113. The Bertz CT molecular complexity index is 286. The van der Waals surface area contributed by atoms with Crippen molar-refractivity contribution in [2.75, 3.05) is 45.8 Å². The van der Waals surface area contributed by atoms with Crippen molar-refractivity contribution in [2.24, 2.45) is 0 Å². The summed E-state index contributed by atoms with van der Waals surface area (Å²) in [6.45, 7) is 11.0. The zero-order chi connectivity index (χ0) is 12.1. The standard InChI is InChI=1S/C12H22N4O/c1-11-10-16(12(17)14-11)7-3-2-6-15-8-4-13-5-9-15/h13H,1-10H2,(H,14,17). The first-order valence-electron chi connectivity index (χ1n) is 6.42. The Balaban J connectivity index is 1.56. The van der Waals surface area contributed by atoms with Crippen molar-refractivity contribution in [1.82, 2.24) is 20.4 Å². The zero-order valence-corrected chi connectivity index (χ0v) is 10.4. The van der Waals surface area contributed by atoms with E-state index in [1.807, 2.05) is 4.90 Å². The molecule has 2 saturated heterocycles. The average molecular weight is 238 g/mol. The topological polar surface area (TPSA) is 47.6 Å². The quantitative estimate of drug-likeness (QED) is 0.673. The Hall–Kier alpha value is -1.07. The Morgan fingerprint density at radius 3 is 2.53 bits per heavy atom. The lowest BCUT2D eigenvalue weighted by Gasteiger charge is -2.27. The summed E-state index contributed by atoms with van der Waals surface area (Å²) in [6, 6.07) is 0.0113. The van der Waals surface area contributed by atoms with Crippen molar-refractivity contribution in [3.63, 3.8) is 0 Å². The molecule has 5 nitrogen and oxygen atoms in total. The monoisotopic (exact) mass is 238 g/mol. The minimum Gasteiger partial charge on any atom is -0.319 e. The van der Waals surface area contributed by atoms with E-state index in [1.165, 1.54) is 0 Å². The van der Waals surface area contributed by atoms with E-state index in [1.54, 1.807) is 0 Å². The van der Waals surface area contributed by atoms with Crippen molar-refractivity contribution >= 4 is 6.03 Å². The first-order valence-corrected chi connectivity index (χ1v) is 6.42. The molecule has 0 aromatic rings. The zero-order valence-electron chi connectivity index (χ0n) is 10.4. The number of rotatable bonds is 5. The van der Waals surface area contributed by atoms with Crippen LogP contribution < -0.4 is 10.6 Å². The number of hydrogen-bond acceptors (Lipinski definition) is 3. The molecule has 0 spiro atoms. The predicted molar refractivity (Wildman–Crippen MR) is 67.8 cm³/mol. The number of piperazine rings is 1. The molecule has 2 aliphatic rings. The SMILES string of the molecule is C=C1CN(CCCCN2CCNCC2)C(=O)N1. The van der Waals surface area contributed by atoms with Crippen LogP contribution in [0, 0.1) is 0 Å². The molecule has 5 heteroatoms. The number of unbranched alkanes of at least 4 members (excludes halogenated alkanes) is 1. The highest BCUT2D eigenvalue weighted by Crippen LogP contribution is 2.07. The van der Waals surface area contributed by atoms with Gasteiger partial charge < -0.3 is 20.4 Å². The van der Waals surface area contributed by atoms with Gasteiger partial charge in [-0.05, 0) is 19.4 Å². The molecule has 0 bridgehead atoms. The third-order valence-corrected chi connectivity index (χ3v) is 3.31. The smallest absolute Gasteiger partial charge is 0.319 e. The molecule has 2 fully saturated rings. The lowest BCUT2D eigenvalue weighted by atomic mass is 10.2. The summed E-state index contributed by atoms with van der Waals surface area (Å²) in [4.78, 5) is 15.7. The molecular formula is C12H22N4O. The van der Waals surface area contributed by atoms with Gasteiger partial charge in [0.1, 0.15) is 0 Å². The molecule has 2 amide bonds. The van der Waals surface area contributed by atoms with E-state index in [-0.39, 0.29) is 6.03 Å². The first-order chi connectivity index (χ1) is 8.25. The van der Waals surface area contributed by atoms with Crippen molar-refractivity contribution in [1.29, 1.82) is 0 Å². The molecule has 2 aliphatic heterocycles. The summed E-state index contributed by atoms with van der Waals surface area (Å²) in [7, 11) is 0. The molecule has 0 radical (unpaired) electrons. The summed E-state index contributed by atoms with van der Waals surface area (Å²) in [5, 5.41) is 6.08. The molecule has 2 N–H and O–H groups in total. The molecule has 17 heavy (non-hydrogen) atoms. The molecule has 2 heterocycles. The Labute approximate surface area is 103 Å². The van der Waals surface area contributed by atoms with Gasteiger partial charge in [0.05, 0.1) is 6.54 Å². The number of amides is 2.